The van der Waals surface area contributed by atoms with Gasteiger partial charge in [0.2, 0.25) is 5.92 Å². The maximum absolute atomic E-state index is 12.9. The number of hydrogen-bond donors (Lipinski definition) is 1. The summed E-state index contributed by atoms with van der Waals surface area (Å²) in [4.78, 5) is 0. The Morgan fingerprint density at radius 2 is 2.08 bits per heavy atom. The van der Waals surface area contributed by atoms with E-state index in [-0.39, 0.29) is 18.8 Å². The van der Waals surface area contributed by atoms with E-state index in [0.717, 1.165) is 0 Å². The first kappa shape index (κ1) is 10.4. The molecule has 0 bridgehead atoms. The van der Waals surface area contributed by atoms with Crippen LogP contribution in [0, 0.1) is 17.2 Å². The lowest BCUT2D eigenvalue weighted by Crippen LogP contribution is -2.28. The minimum absolute atomic E-state index is 0.0432. The third-order valence-corrected chi connectivity index (χ3v) is 2.66. The first-order valence-corrected chi connectivity index (χ1v) is 4.58. The highest BCUT2D eigenvalue weighted by atomic mass is 19.3. The molecule has 13 heavy (non-hydrogen) atoms. The Morgan fingerprint density at radius 3 is 2.69 bits per heavy atom. The Bertz CT molecular complexity index is 210. The summed E-state index contributed by atoms with van der Waals surface area (Å²) in [6.07, 6.45) is 1.34. The van der Waals surface area contributed by atoms with Crippen molar-refractivity contribution in [1.29, 1.82) is 5.26 Å². The summed E-state index contributed by atoms with van der Waals surface area (Å²) in [6.45, 7) is 0. The minimum Gasteiger partial charge on any atom is -0.316 e. The summed E-state index contributed by atoms with van der Waals surface area (Å²) in [6, 6.07) is 1.35. The fraction of sp³-hybridized carbons (Fsp3) is 0.889. The van der Waals surface area contributed by atoms with Crippen molar-refractivity contribution in [3.05, 3.63) is 0 Å². The SMILES string of the molecule is N#C[C@@H](N)[C@H]1CCCC(F)(F)CC1. The van der Waals surface area contributed by atoms with Crippen LogP contribution >= 0.6 is 0 Å². The maximum atomic E-state index is 12.9. The molecule has 2 N–H and O–H groups in total. The van der Waals surface area contributed by atoms with Gasteiger partial charge in [0, 0.05) is 12.8 Å². The summed E-state index contributed by atoms with van der Waals surface area (Å²) in [7, 11) is 0. The monoisotopic (exact) mass is 188 g/mol. The highest BCUT2D eigenvalue weighted by Crippen LogP contribution is 2.35. The molecule has 0 aliphatic heterocycles. The first-order chi connectivity index (χ1) is 6.05. The van der Waals surface area contributed by atoms with Crippen LogP contribution in [0.5, 0.6) is 0 Å². The number of nitrogens with zero attached hydrogens (tertiary/aromatic N) is 1. The van der Waals surface area contributed by atoms with Crippen LogP contribution in [-0.2, 0) is 0 Å². The molecule has 0 spiro atoms. The topological polar surface area (TPSA) is 49.8 Å². The van der Waals surface area contributed by atoms with Gasteiger partial charge in [-0.25, -0.2) is 8.78 Å². The molecular formula is C9H14F2N2. The van der Waals surface area contributed by atoms with E-state index in [0.29, 0.717) is 19.3 Å². The fourth-order valence-electron chi connectivity index (χ4n) is 1.75. The van der Waals surface area contributed by atoms with E-state index in [4.69, 9.17) is 11.0 Å². The van der Waals surface area contributed by atoms with E-state index in [1.54, 1.807) is 0 Å². The van der Waals surface area contributed by atoms with E-state index in [1.807, 2.05) is 6.07 Å². The van der Waals surface area contributed by atoms with E-state index in [2.05, 4.69) is 0 Å². The van der Waals surface area contributed by atoms with E-state index in [9.17, 15) is 8.78 Å². The van der Waals surface area contributed by atoms with Gasteiger partial charge in [0.1, 0.15) is 0 Å². The molecule has 1 aliphatic carbocycles. The van der Waals surface area contributed by atoms with Gasteiger partial charge in [0.05, 0.1) is 12.1 Å². The van der Waals surface area contributed by atoms with Gasteiger partial charge >= 0.3 is 0 Å². The number of alkyl halides is 2. The van der Waals surface area contributed by atoms with Gasteiger partial charge in [-0.15, -0.1) is 0 Å². The van der Waals surface area contributed by atoms with Gasteiger partial charge in [-0.3, -0.25) is 0 Å². The average molecular weight is 188 g/mol. The number of nitrogens with two attached hydrogens (primary N) is 1. The quantitative estimate of drug-likeness (QED) is 0.640. The lowest BCUT2D eigenvalue weighted by atomic mass is 9.93. The van der Waals surface area contributed by atoms with Crippen LogP contribution in [0.1, 0.15) is 32.1 Å². The molecule has 0 heterocycles. The van der Waals surface area contributed by atoms with Crippen molar-refractivity contribution >= 4 is 0 Å². The van der Waals surface area contributed by atoms with Crippen LogP contribution in [0.3, 0.4) is 0 Å². The Balaban J connectivity index is 2.51. The van der Waals surface area contributed by atoms with Crippen LogP contribution in [0.4, 0.5) is 8.78 Å². The standard InChI is InChI=1S/C9H14F2N2/c10-9(11)4-1-2-7(3-5-9)8(13)6-12/h7-8H,1-5,13H2/t7-,8+/m0/s1. The van der Waals surface area contributed by atoms with Gasteiger partial charge in [-0.05, 0) is 25.2 Å². The second-order valence-electron chi connectivity index (χ2n) is 3.70. The zero-order valence-electron chi connectivity index (χ0n) is 7.47. The molecule has 74 valence electrons. The van der Waals surface area contributed by atoms with E-state index in [1.165, 1.54) is 0 Å². The predicted octanol–water partition coefficient (Wildman–Crippen LogP) is 2.05. The molecular weight excluding hydrogens is 174 g/mol. The van der Waals surface area contributed by atoms with Crippen molar-refractivity contribution in [2.45, 2.75) is 44.1 Å². The summed E-state index contributed by atoms with van der Waals surface area (Å²) < 4.78 is 25.8. The van der Waals surface area contributed by atoms with Gasteiger partial charge in [0.25, 0.3) is 0 Å². The molecule has 2 atom stereocenters. The normalized spacial score (nSPS) is 30.2. The number of rotatable bonds is 1. The second-order valence-corrected chi connectivity index (χ2v) is 3.70. The summed E-state index contributed by atoms with van der Waals surface area (Å²) in [5.41, 5.74) is 5.50. The zero-order valence-corrected chi connectivity index (χ0v) is 7.47. The van der Waals surface area contributed by atoms with Crippen LogP contribution in [-0.4, -0.2) is 12.0 Å². The predicted molar refractivity (Wildman–Crippen MR) is 45.1 cm³/mol. The Labute approximate surface area is 76.7 Å². The Hall–Kier alpha value is -0.690. The van der Waals surface area contributed by atoms with Gasteiger partial charge in [0.15, 0.2) is 0 Å². The van der Waals surface area contributed by atoms with Crippen molar-refractivity contribution in [3.63, 3.8) is 0 Å². The smallest absolute Gasteiger partial charge is 0.248 e. The van der Waals surface area contributed by atoms with Crippen molar-refractivity contribution in [1.82, 2.24) is 0 Å². The average Bonchev–Trinajstić information content (AvgIpc) is 2.25. The van der Waals surface area contributed by atoms with Gasteiger partial charge in [-0.2, -0.15) is 5.26 Å². The molecule has 0 radical (unpaired) electrons. The van der Waals surface area contributed by atoms with Crippen LogP contribution < -0.4 is 5.73 Å². The van der Waals surface area contributed by atoms with Crippen molar-refractivity contribution < 1.29 is 8.78 Å². The molecule has 4 heteroatoms. The van der Waals surface area contributed by atoms with Crippen molar-refractivity contribution in [2.75, 3.05) is 0 Å². The van der Waals surface area contributed by atoms with E-state index < -0.39 is 12.0 Å². The van der Waals surface area contributed by atoms with Gasteiger partial charge in [-0.1, -0.05) is 0 Å². The molecule has 1 fully saturated rings. The molecule has 0 aromatic rings. The Kier molecular flexibility index (Phi) is 3.21. The second kappa shape index (κ2) is 4.01. The van der Waals surface area contributed by atoms with Crippen molar-refractivity contribution in [2.24, 2.45) is 11.7 Å². The summed E-state index contributed by atoms with van der Waals surface area (Å²) >= 11 is 0. The molecule has 1 rings (SSSR count). The third-order valence-electron chi connectivity index (χ3n) is 2.66. The van der Waals surface area contributed by atoms with Gasteiger partial charge < -0.3 is 5.73 Å². The highest BCUT2D eigenvalue weighted by molar-refractivity contribution is 4.93. The van der Waals surface area contributed by atoms with E-state index >= 15 is 0 Å². The molecule has 0 aromatic carbocycles. The van der Waals surface area contributed by atoms with Crippen molar-refractivity contribution in [3.8, 4) is 6.07 Å². The number of halogens is 2. The molecule has 0 unspecified atom stereocenters. The molecule has 0 amide bonds. The number of nitriles is 1. The summed E-state index contributed by atoms with van der Waals surface area (Å²) in [5, 5.41) is 8.55. The maximum Gasteiger partial charge on any atom is 0.248 e. The molecule has 0 saturated heterocycles. The first-order valence-electron chi connectivity index (χ1n) is 4.58. The molecule has 2 nitrogen and oxygen atoms in total. The number of hydrogen-bond acceptors (Lipinski definition) is 2. The minimum atomic E-state index is -2.54. The lowest BCUT2D eigenvalue weighted by Gasteiger charge is -2.16. The zero-order chi connectivity index (χ0) is 9.90. The highest BCUT2D eigenvalue weighted by Gasteiger charge is 2.33. The molecule has 0 aromatic heterocycles. The Morgan fingerprint density at radius 1 is 1.38 bits per heavy atom. The molecule has 1 aliphatic rings. The fourth-order valence-corrected chi connectivity index (χ4v) is 1.75. The lowest BCUT2D eigenvalue weighted by molar-refractivity contribution is -0.0148. The van der Waals surface area contributed by atoms with Crippen LogP contribution in [0.15, 0.2) is 0 Å². The molecule has 1 saturated carbocycles. The van der Waals surface area contributed by atoms with Crippen LogP contribution in [0.2, 0.25) is 0 Å². The third kappa shape index (κ3) is 2.92. The summed E-state index contributed by atoms with van der Waals surface area (Å²) in [5.74, 6) is -2.58. The van der Waals surface area contributed by atoms with Crippen LogP contribution in [0.25, 0.3) is 0 Å². The largest absolute Gasteiger partial charge is 0.316 e.